The van der Waals surface area contributed by atoms with E-state index in [9.17, 15) is 19.8 Å². The monoisotopic (exact) mass is 560 g/mol. The second kappa shape index (κ2) is 12.2. The zero-order valence-electron chi connectivity index (χ0n) is 23.0. The van der Waals surface area contributed by atoms with Crippen LogP contribution < -0.4 is 19.3 Å². The Morgan fingerprint density at radius 1 is 0.429 bits per heavy atom. The topological polar surface area (TPSA) is 99.5 Å². The van der Waals surface area contributed by atoms with E-state index >= 15 is 0 Å². The number of ether oxygens (including phenoxy) is 2. The summed E-state index contributed by atoms with van der Waals surface area (Å²) >= 11 is 0. The van der Waals surface area contributed by atoms with E-state index in [1.54, 1.807) is 62.8 Å². The first-order valence-electron chi connectivity index (χ1n) is 13.0. The van der Waals surface area contributed by atoms with E-state index in [1.165, 1.54) is 0 Å². The quantitative estimate of drug-likeness (QED) is 0.177. The van der Waals surface area contributed by atoms with Crippen LogP contribution in [0, 0.1) is 0 Å². The van der Waals surface area contributed by atoms with Crippen molar-refractivity contribution in [2.24, 2.45) is 0 Å². The fraction of sp³-hybridized carbons (Fsp3) is 0.0588. The van der Waals surface area contributed by atoms with E-state index in [2.05, 4.69) is 4.90 Å². The molecule has 0 spiro atoms. The first-order valence-corrected chi connectivity index (χ1v) is 13.0. The molecule has 0 aliphatic heterocycles. The molecule has 0 saturated heterocycles. The minimum absolute atomic E-state index is 0.171. The maximum Gasteiger partial charge on any atom is 0.335 e. The van der Waals surface area contributed by atoms with Crippen LogP contribution in [0.3, 0.4) is 0 Å². The molecule has 0 atom stereocenters. The van der Waals surface area contributed by atoms with Crippen molar-refractivity contribution in [2.45, 2.75) is 0 Å². The Kier molecular flexibility index (Phi) is 8.06. The lowest BCUT2D eigenvalue weighted by molar-refractivity contribution is 0.0686. The molecule has 42 heavy (non-hydrogen) atoms. The van der Waals surface area contributed by atoms with Crippen molar-refractivity contribution >= 4 is 46.1 Å². The van der Waals surface area contributed by atoms with Crippen LogP contribution in [0.25, 0.3) is 0 Å². The standard InChI is InChI=1S/C34H28N2O6/c1-41-31-19-15-29(16-20-31)36(30-17-21-32(42-2)22-18-30)28-13-11-27(12-14-28)35(25-7-3-23(4-8-25)33(37)38)26-9-5-24(6-10-26)34(39)40/h3-22H,1-2H3,(H,37,38)(H,39,40). The Morgan fingerprint density at radius 3 is 0.857 bits per heavy atom. The third-order valence-corrected chi connectivity index (χ3v) is 6.77. The van der Waals surface area contributed by atoms with Crippen molar-refractivity contribution in [1.29, 1.82) is 0 Å². The van der Waals surface area contributed by atoms with Gasteiger partial charge in [0, 0.05) is 34.1 Å². The van der Waals surface area contributed by atoms with Crippen molar-refractivity contribution in [3.8, 4) is 11.5 Å². The number of hydrogen-bond donors (Lipinski definition) is 2. The van der Waals surface area contributed by atoms with Gasteiger partial charge >= 0.3 is 11.9 Å². The summed E-state index contributed by atoms with van der Waals surface area (Å²) in [5, 5.41) is 18.7. The predicted molar refractivity (Wildman–Crippen MR) is 163 cm³/mol. The number of rotatable bonds is 10. The molecular formula is C34H28N2O6. The smallest absolute Gasteiger partial charge is 0.335 e. The highest BCUT2D eigenvalue weighted by molar-refractivity contribution is 5.90. The summed E-state index contributed by atoms with van der Waals surface area (Å²) in [6.45, 7) is 0. The Balaban J connectivity index is 1.57. The van der Waals surface area contributed by atoms with Gasteiger partial charge in [-0.15, -0.1) is 0 Å². The lowest BCUT2D eigenvalue weighted by Gasteiger charge is -2.28. The number of methoxy groups -OCH3 is 2. The Labute approximate surface area is 243 Å². The molecule has 5 rings (SSSR count). The van der Waals surface area contributed by atoms with Gasteiger partial charge in [0.2, 0.25) is 0 Å². The Hall–Kier alpha value is -5.76. The zero-order valence-corrected chi connectivity index (χ0v) is 23.0. The van der Waals surface area contributed by atoms with Gasteiger partial charge < -0.3 is 29.5 Å². The number of aromatic carboxylic acids is 2. The van der Waals surface area contributed by atoms with Crippen LogP contribution in [0.1, 0.15) is 20.7 Å². The fourth-order valence-corrected chi connectivity index (χ4v) is 4.61. The van der Waals surface area contributed by atoms with Gasteiger partial charge in [-0.2, -0.15) is 0 Å². The molecule has 210 valence electrons. The molecule has 5 aromatic rings. The van der Waals surface area contributed by atoms with Crippen LogP contribution in [0.15, 0.2) is 121 Å². The summed E-state index contributed by atoms with van der Waals surface area (Å²) in [5.74, 6) is -0.523. The number of carboxylic acid groups (broad SMARTS) is 2. The van der Waals surface area contributed by atoms with Gasteiger partial charge in [0.05, 0.1) is 25.3 Å². The van der Waals surface area contributed by atoms with E-state index in [4.69, 9.17) is 9.47 Å². The summed E-state index contributed by atoms with van der Waals surface area (Å²) in [4.78, 5) is 26.9. The zero-order chi connectivity index (χ0) is 29.6. The number of carboxylic acids is 2. The van der Waals surface area contributed by atoms with Crippen molar-refractivity contribution in [3.63, 3.8) is 0 Å². The maximum atomic E-state index is 11.4. The second-order valence-corrected chi connectivity index (χ2v) is 9.29. The summed E-state index contributed by atoms with van der Waals surface area (Å²) < 4.78 is 10.7. The van der Waals surface area contributed by atoms with Gasteiger partial charge in [0.25, 0.3) is 0 Å². The molecule has 0 aliphatic rings. The van der Waals surface area contributed by atoms with Gasteiger partial charge in [0.1, 0.15) is 11.5 Å². The number of hydrogen-bond acceptors (Lipinski definition) is 6. The number of carbonyl (C=O) groups is 2. The molecule has 0 heterocycles. The maximum absolute atomic E-state index is 11.4. The molecule has 0 saturated carbocycles. The highest BCUT2D eigenvalue weighted by Crippen LogP contribution is 2.39. The summed E-state index contributed by atoms with van der Waals surface area (Å²) in [7, 11) is 3.26. The highest BCUT2D eigenvalue weighted by atomic mass is 16.5. The lowest BCUT2D eigenvalue weighted by Crippen LogP contribution is -2.12. The molecule has 0 fully saturated rings. The van der Waals surface area contributed by atoms with Crippen molar-refractivity contribution in [3.05, 3.63) is 132 Å². The third-order valence-electron chi connectivity index (χ3n) is 6.77. The molecule has 2 N–H and O–H groups in total. The molecule has 0 radical (unpaired) electrons. The molecule has 5 aromatic carbocycles. The van der Waals surface area contributed by atoms with Crippen LogP contribution >= 0.6 is 0 Å². The van der Waals surface area contributed by atoms with Crippen molar-refractivity contribution in [2.75, 3.05) is 24.0 Å². The number of nitrogens with zero attached hydrogens (tertiary/aromatic N) is 2. The average molecular weight is 561 g/mol. The summed E-state index contributed by atoms with van der Waals surface area (Å²) in [6.07, 6.45) is 0. The lowest BCUT2D eigenvalue weighted by atomic mass is 10.1. The number of anilines is 6. The normalized spacial score (nSPS) is 10.5. The van der Waals surface area contributed by atoms with Crippen molar-refractivity contribution < 1.29 is 29.3 Å². The molecule has 8 nitrogen and oxygen atoms in total. The first-order chi connectivity index (χ1) is 20.4. The van der Waals surface area contributed by atoms with Gasteiger partial charge in [-0.05, 0) is 121 Å². The van der Waals surface area contributed by atoms with Gasteiger partial charge in [-0.1, -0.05) is 0 Å². The molecule has 0 aromatic heterocycles. The van der Waals surface area contributed by atoms with E-state index in [0.717, 1.165) is 45.6 Å². The number of benzene rings is 5. The fourth-order valence-electron chi connectivity index (χ4n) is 4.61. The predicted octanol–water partition coefficient (Wildman–Crippen LogP) is 8.04. The van der Waals surface area contributed by atoms with E-state index in [-0.39, 0.29) is 11.1 Å². The summed E-state index contributed by atoms with van der Waals surface area (Å²) in [6, 6.07) is 36.5. The van der Waals surface area contributed by atoms with Crippen LogP contribution in [0.2, 0.25) is 0 Å². The van der Waals surface area contributed by atoms with Gasteiger partial charge in [-0.25, -0.2) is 9.59 Å². The minimum atomic E-state index is -1.01. The molecule has 0 bridgehead atoms. The minimum Gasteiger partial charge on any atom is -0.497 e. The van der Waals surface area contributed by atoms with Crippen molar-refractivity contribution in [1.82, 2.24) is 0 Å². The van der Waals surface area contributed by atoms with Crippen LogP contribution in [0.4, 0.5) is 34.1 Å². The first kappa shape index (κ1) is 27.8. The summed E-state index contributed by atoms with van der Waals surface area (Å²) in [5.41, 5.74) is 5.34. The van der Waals surface area contributed by atoms with E-state index in [0.29, 0.717) is 0 Å². The van der Waals surface area contributed by atoms with Crippen LogP contribution in [0.5, 0.6) is 11.5 Å². The highest BCUT2D eigenvalue weighted by Gasteiger charge is 2.17. The van der Waals surface area contributed by atoms with Crippen LogP contribution in [-0.2, 0) is 0 Å². The molecule has 8 heteroatoms. The molecular weight excluding hydrogens is 532 g/mol. The van der Waals surface area contributed by atoms with E-state index in [1.807, 2.05) is 77.7 Å². The second-order valence-electron chi connectivity index (χ2n) is 9.29. The third kappa shape index (κ3) is 5.88. The van der Waals surface area contributed by atoms with Crippen LogP contribution in [-0.4, -0.2) is 36.4 Å². The molecule has 0 unspecified atom stereocenters. The van der Waals surface area contributed by atoms with E-state index < -0.39 is 11.9 Å². The SMILES string of the molecule is COc1ccc(N(c2ccc(OC)cc2)c2ccc(N(c3ccc(C(=O)O)cc3)c3ccc(C(=O)O)cc3)cc2)cc1. The Morgan fingerprint density at radius 2 is 0.643 bits per heavy atom. The Bertz CT molecular complexity index is 1560. The van der Waals surface area contributed by atoms with Gasteiger partial charge in [0.15, 0.2) is 0 Å². The largest absolute Gasteiger partial charge is 0.497 e. The van der Waals surface area contributed by atoms with Gasteiger partial charge in [-0.3, -0.25) is 0 Å². The molecule has 0 aliphatic carbocycles. The average Bonchev–Trinajstić information content (AvgIpc) is 3.03. The molecule has 0 amide bonds.